The van der Waals surface area contributed by atoms with Crippen LogP contribution in [0.5, 0.6) is 5.75 Å². The average Bonchev–Trinajstić information content (AvgIpc) is 2.83. The molecule has 2 aliphatic rings. The molecule has 1 fully saturated rings. The minimum absolute atomic E-state index is 0.136. The molecule has 176 valence electrons. The molecule has 2 amide bonds. The fourth-order valence-electron chi connectivity index (χ4n) is 4.90. The standard InChI is InChI=1S/C27H35N3O3/c1-27(2,19-26(32)30-13-12-21-8-4-5-9-22(21)20-30)18-25(31)29-16-14-28(15-17-29)23-10-6-7-11-24(23)33-3/h4-11H,12-20H2,1-3H3. The summed E-state index contributed by atoms with van der Waals surface area (Å²) in [6.45, 7) is 8.41. The van der Waals surface area contributed by atoms with Crippen molar-refractivity contribution in [3.63, 3.8) is 0 Å². The predicted octanol–water partition coefficient (Wildman–Crippen LogP) is 3.74. The third kappa shape index (κ3) is 5.49. The first-order valence-electron chi connectivity index (χ1n) is 11.9. The Labute approximate surface area is 197 Å². The molecule has 0 aromatic heterocycles. The largest absolute Gasteiger partial charge is 0.495 e. The maximum atomic E-state index is 13.1. The highest BCUT2D eigenvalue weighted by Crippen LogP contribution is 2.31. The van der Waals surface area contributed by atoms with Gasteiger partial charge in [0.1, 0.15) is 5.75 Å². The Morgan fingerprint density at radius 3 is 2.12 bits per heavy atom. The molecule has 0 aliphatic carbocycles. The van der Waals surface area contributed by atoms with Crippen LogP contribution in [0.2, 0.25) is 0 Å². The molecule has 0 spiro atoms. The Bertz CT molecular complexity index is 996. The van der Waals surface area contributed by atoms with Crippen molar-refractivity contribution in [3.8, 4) is 5.75 Å². The molecule has 4 rings (SSSR count). The van der Waals surface area contributed by atoms with Crippen molar-refractivity contribution in [2.75, 3.05) is 44.7 Å². The fraction of sp³-hybridized carbons (Fsp3) is 0.481. The SMILES string of the molecule is COc1ccccc1N1CCN(C(=O)CC(C)(C)CC(=O)N2CCc3ccccc3C2)CC1. The van der Waals surface area contributed by atoms with Crippen LogP contribution >= 0.6 is 0 Å². The van der Waals surface area contributed by atoms with Crippen LogP contribution in [0, 0.1) is 5.41 Å². The molecule has 2 heterocycles. The number of hydrogen-bond acceptors (Lipinski definition) is 4. The number of carbonyl (C=O) groups is 2. The van der Waals surface area contributed by atoms with Crippen molar-refractivity contribution >= 4 is 17.5 Å². The molecule has 2 aromatic rings. The van der Waals surface area contributed by atoms with Crippen molar-refractivity contribution < 1.29 is 14.3 Å². The topological polar surface area (TPSA) is 53.1 Å². The summed E-state index contributed by atoms with van der Waals surface area (Å²) in [6.07, 6.45) is 1.68. The van der Waals surface area contributed by atoms with Crippen LogP contribution < -0.4 is 9.64 Å². The van der Waals surface area contributed by atoms with Crippen LogP contribution in [-0.4, -0.2) is 61.4 Å². The third-order valence-electron chi connectivity index (χ3n) is 6.80. The summed E-state index contributed by atoms with van der Waals surface area (Å²) < 4.78 is 5.49. The van der Waals surface area contributed by atoms with Gasteiger partial charge in [-0.1, -0.05) is 50.2 Å². The van der Waals surface area contributed by atoms with E-state index in [2.05, 4.69) is 29.2 Å². The van der Waals surface area contributed by atoms with Gasteiger partial charge in [-0.3, -0.25) is 9.59 Å². The summed E-state index contributed by atoms with van der Waals surface area (Å²) in [6, 6.07) is 16.3. The molecule has 33 heavy (non-hydrogen) atoms. The monoisotopic (exact) mass is 449 g/mol. The predicted molar refractivity (Wildman–Crippen MR) is 130 cm³/mol. The Kier molecular flexibility index (Phi) is 6.91. The molecule has 6 nitrogen and oxygen atoms in total. The number of benzene rings is 2. The Balaban J connectivity index is 1.29. The van der Waals surface area contributed by atoms with Crippen LogP contribution in [0.4, 0.5) is 5.69 Å². The van der Waals surface area contributed by atoms with Gasteiger partial charge in [0.15, 0.2) is 0 Å². The lowest BCUT2D eigenvalue weighted by atomic mass is 9.84. The maximum absolute atomic E-state index is 13.1. The van der Waals surface area contributed by atoms with Crippen LogP contribution in [0.15, 0.2) is 48.5 Å². The lowest BCUT2D eigenvalue weighted by Crippen LogP contribution is -2.49. The maximum Gasteiger partial charge on any atom is 0.223 e. The number of carbonyl (C=O) groups excluding carboxylic acids is 2. The minimum atomic E-state index is -0.370. The number of methoxy groups -OCH3 is 1. The summed E-state index contributed by atoms with van der Waals surface area (Å²) in [5.41, 5.74) is 3.27. The zero-order valence-electron chi connectivity index (χ0n) is 20.0. The zero-order valence-corrected chi connectivity index (χ0v) is 20.0. The number of ether oxygens (including phenoxy) is 1. The van der Waals surface area contributed by atoms with Gasteiger partial charge in [-0.2, -0.15) is 0 Å². The summed E-state index contributed by atoms with van der Waals surface area (Å²) in [4.78, 5) is 32.2. The van der Waals surface area contributed by atoms with Crippen LogP contribution in [0.1, 0.15) is 37.8 Å². The van der Waals surface area contributed by atoms with Crippen molar-refractivity contribution in [3.05, 3.63) is 59.7 Å². The first-order valence-corrected chi connectivity index (χ1v) is 11.9. The summed E-state index contributed by atoms with van der Waals surface area (Å²) in [7, 11) is 1.69. The number of piperazine rings is 1. The fourth-order valence-corrected chi connectivity index (χ4v) is 4.90. The molecule has 2 aromatic carbocycles. The van der Waals surface area contributed by atoms with E-state index in [0.717, 1.165) is 37.5 Å². The normalized spacial score (nSPS) is 16.4. The Hall–Kier alpha value is -3.02. The van der Waals surface area contributed by atoms with Crippen LogP contribution in [-0.2, 0) is 22.6 Å². The molecule has 0 radical (unpaired) electrons. The second-order valence-corrected chi connectivity index (χ2v) is 9.89. The number of hydrogen-bond donors (Lipinski definition) is 0. The van der Waals surface area contributed by atoms with Gasteiger partial charge in [-0.25, -0.2) is 0 Å². The van der Waals surface area contributed by atoms with E-state index in [1.54, 1.807) is 7.11 Å². The van der Waals surface area contributed by atoms with E-state index in [9.17, 15) is 9.59 Å². The van der Waals surface area contributed by atoms with E-state index in [1.807, 2.05) is 47.9 Å². The van der Waals surface area contributed by atoms with Gasteiger partial charge in [-0.05, 0) is 35.1 Å². The minimum Gasteiger partial charge on any atom is -0.495 e. The molecule has 6 heteroatoms. The number of anilines is 1. The van der Waals surface area contributed by atoms with E-state index in [0.29, 0.717) is 32.5 Å². The van der Waals surface area contributed by atoms with Gasteiger partial charge in [0.05, 0.1) is 12.8 Å². The smallest absolute Gasteiger partial charge is 0.223 e. The van der Waals surface area contributed by atoms with E-state index >= 15 is 0 Å². The van der Waals surface area contributed by atoms with Gasteiger partial charge in [0.2, 0.25) is 11.8 Å². The van der Waals surface area contributed by atoms with E-state index in [-0.39, 0.29) is 17.2 Å². The molecule has 2 aliphatic heterocycles. The van der Waals surface area contributed by atoms with Crippen molar-refractivity contribution in [2.24, 2.45) is 5.41 Å². The van der Waals surface area contributed by atoms with E-state index in [4.69, 9.17) is 4.74 Å². The van der Waals surface area contributed by atoms with Gasteiger partial charge in [0, 0.05) is 52.1 Å². The third-order valence-corrected chi connectivity index (χ3v) is 6.80. The molecule has 0 bridgehead atoms. The summed E-state index contributed by atoms with van der Waals surface area (Å²) >= 11 is 0. The highest BCUT2D eigenvalue weighted by atomic mass is 16.5. The Morgan fingerprint density at radius 2 is 1.42 bits per heavy atom. The number of amides is 2. The molecule has 1 saturated heterocycles. The van der Waals surface area contributed by atoms with Gasteiger partial charge < -0.3 is 19.4 Å². The number of nitrogens with zero attached hydrogens (tertiary/aromatic N) is 3. The first-order chi connectivity index (χ1) is 15.9. The average molecular weight is 450 g/mol. The van der Waals surface area contributed by atoms with Crippen molar-refractivity contribution in [2.45, 2.75) is 39.7 Å². The number of para-hydroxylation sites is 2. The lowest BCUT2D eigenvalue weighted by molar-refractivity contribution is -0.137. The van der Waals surface area contributed by atoms with Crippen molar-refractivity contribution in [1.82, 2.24) is 9.80 Å². The van der Waals surface area contributed by atoms with Crippen LogP contribution in [0.25, 0.3) is 0 Å². The lowest BCUT2D eigenvalue weighted by Gasteiger charge is -2.38. The zero-order chi connectivity index (χ0) is 23.4. The van der Waals surface area contributed by atoms with E-state index < -0.39 is 0 Å². The molecule has 0 saturated carbocycles. The van der Waals surface area contributed by atoms with Crippen LogP contribution in [0.3, 0.4) is 0 Å². The quantitative estimate of drug-likeness (QED) is 0.674. The highest BCUT2D eigenvalue weighted by Gasteiger charge is 2.32. The second kappa shape index (κ2) is 9.86. The highest BCUT2D eigenvalue weighted by molar-refractivity contribution is 5.81. The molecular weight excluding hydrogens is 414 g/mol. The second-order valence-electron chi connectivity index (χ2n) is 9.89. The molecular formula is C27H35N3O3. The van der Waals surface area contributed by atoms with Gasteiger partial charge in [0.25, 0.3) is 0 Å². The summed E-state index contributed by atoms with van der Waals surface area (Å²) in [5, 5.41) is 0. The van der Waals surface area contributed by atoms with E-state index in [1.165, 1.54) is 11.1 Å². The Morgan fingerprint density at radius 1 is 0.818 bits per heavy atom. The summed E-state index contributed by atoms with van der Waals surface area (Å²) in [5.74, 6) is 1.14. The number of rotatable bonds is 6. The van der Waals surface area contributed by atoms with Gasteiger partial charge in [-0.15, -0.1) is 0 Å². The molecule has 0 unspecified atom stereocenters. The molecule has 0 N–H and O–H groups in total. The van der Waals surface area contributed by atoms with Gasteiger partial charge >= 0.3 is 0 Å². The molecule has 0 atom stereocenters. The first kappa shape index (κ1) is 23.1. The van der Waals surface area contributed by atoms with Crippen molar-refractivity contribution in [1.29, 1.82) is 0 Å². The number of fused-ring (bicyclic) bond motifs is 1.